The molecule has 1 aromatic heterocycles. The van der Waals surface area contributed by atoms with Gasteiger partial charge in [-0.2, -0.15) is 0 Å². The van der Waals surface area contributed by atoms with Crippen LogP contribution in [0.25, 0.3) is 0 Å². The van der Waals surface area contributed by atoms with Gasteiger partial charge in [-0.15, -0.1) is 0 Å². The summed E-state index contributed by atoms with van der Waals surface area (Å²) in [5.74, 6) is 0.497. The van der Waals surface area contributed by atoms with E-state index in [0.717, 1.165) is 31.6 Å². The molecular formula is C15H23FN4O. The minimum Gasteiger partial charge on any atom is -0.387 e. The number of rotatable bonds is 3. The summed E-state index contributed by atoms with van der Waals surface area (Å²) in [4.78, 5) is 8.28. The van der Waals surface area contributed by atoms with E-state index in [4.69, 9.17) is 5.73 Å². The van der Waals surface area contributed by atoms with Gasteiger partial charge in [-0.1, -0.05) is 0 Å². The molecule has 3 rings (SSSR count). The van der Waals surface area contributed by atoms with Gasteiger partial charge in [0, 0.05) is 32.7 Å². The fraction of sp³-hybridized carbons (Fsp3) is 0.667. The minimum absolute atomic E-state index is 0.450. The molecule has 2 aliphatic heterocycles. The molecule has 0 aliphatic carbocycles. The lowest BCUT2D eigenvalue weighted by Crippen LogP contribution is -2.54. The highest BCUT2D eigenvalue weighted by Gasteiger charge is 2.37. The van der Waals surface area contributed by atoms with Gasteiger partial charge in [-0.25, -0.2) is 9.37 Å². The predicted octanol–water partition coefficient (Wildman–Crippen LogP) is 1.04. The van der Waals surface area contributed by atoms with Crippen LogP contribution in [-0.2, 0) is 0 Å². The van der Waals surface area contributed by atoms with Gasteiger partial charge in [0.05, 0.1) is 17.5 Å². The Kier molecular flexibility index (Phi) is 3.99. The van der Waals surface area contributed by atoms with Crippen molar-refractivity contribution in [2.24, 2.45) is 0 Å². The molecule has 3 N–H and O–H groups in total. The maximum atomic E-state index is 13.3. The number of hydrogen-bond donors (Lipinski definition) is 2. The molecular weight excluding hydrogens is 271 g/mol. The molecule has 2 unspecified atom stereocenters. The predicted molar refractivity (Wildman–Crippen MR) is 81.0 cm³/mol. The number of aliphatic hydroxyl groups is 1. The Bertz CT molecular complexity index is 483. The summed E-state index contributed by atoms with van der Waals surface area (Å²) in [6.07, 6.45) is 3.28. The highest BCUT2D eigenvalue weighted by atomic mass is 19.1. The molecule has 2 fully saturated rings. The van der Waals surface area contributed by atoms with E-state index in [-0.39, 0.29) is 0 Å². The van der Waals surface area contributed by atoms with E-state index < -0.39 is 11.8 Å². The number of aromatic nitrogens is 1. The number of nitrogens with zero attached hydrogens (tertiary/aromatic N) is 3. The van der Waals surface area contributed by atoms with Crippen LogP contribution in [0.4, 0.5) is 15.9 Å². The topological polar surface area (TPSA) is 65.6 Å². The van der Waals surface area contributed by atoms with Crippen LogP contribution < -0.4 is 10.6 Å². The van der Waals surface area contributed by atoms with Crippen molar-refractivity contribution in [1.29, 1.82) is 0 Å². The molecule has 6 heteroatoms. The second kappa shape index (κ2) is 5.77. The molecule has 0 aromatic carbocycles. The summed E-state index contributed by atoms with van der Waals surface area (Å²) in [5, 5.41) is 10.9. The summed E-state index contributed by atoms with van der Waals surface area (Å²) in [5.41, 5.74) is 5.81. The Labute approximate surface area is 124 Å². The maximum Gasteiger partial charge on any atom is 0.123 e. The molecule has 2 atom stereocenters. The molecule has 5 nitrogen and oxygen atoms in total. The molecule has 0 spiro atoms. The molecule has 1 aromatic rings. The van der Waals surface area contributed by atoms with Crippen molar-refractivity contribution in [3.8, 4) is 0 Å². The van der Waals surface area contributed by atoms with Crippen molar-refractivity contribution in [3.63, 3.8) is 0 Å². The summed E-state index contributed by atoms with van der Waals surface area (Å²) < 4.78 is 13.3. The SMILES string of the molecule is Nc1ccc(N2CCCC(O)(CN3CCC(F)C3)C2)cn1. The fourth-order valence-electron chi connectivity index (χ4n) is 3.39. The van der Waals surface area contributed by atoms with Gasteiger partial charge in [0.15, 0.2) is 0 Å². The molecule has 2 aliphatic rings. The molecule has 0 bridgehead atoms. The number of pyridine rings is 1. The fourth-order valence-corrected chi connectivity index (χ4v) is 3.39. The first kappa shape index (κ1) is 14.5. The largest absolute Gasteiger partial charge is 0.387 e. The number of anilines is 2. The van der Waals surface area contributed by atoms with E-state index in [0.29, 0.717) is 31.9 Å². The Morgan fingerprint density at radius 2 is 2.29 bits per heavy atom. The Balaban J connectivity index is 1.65. The number of nitrogen functional groups attached to an aromatic ring is 1. The molecule has 0 saturated carbocycles. The van der Waals surface area contributed by atoms with Crippen LogP contribution in [0, 0.1) is 0 Å². The minimum atomic E-state index is -0.774. The van der Waals surface area contributed by atoms with Gasteiger partial charge in [-0.05, 0) is 31.4 Å². The Hall–Kier alpha value is -1.40. The zero-order valence-electron chi connectivity index (χ0n) is 12.2. The number of likely N-dealkylation sites (tertiary alicyclic amines) is 1. The molecule has 3 heterocycles. The van der Waals surface area contributed by atoms with Crippen molar-refractivity contribution in [2.45, 2.75) is 31.0 Å². The average molecular weight is 294 g/mol. The van der Waals surface area contributed by atoms with E-state index in [1.165, 1.54) is 0 Å². The van der Waals surface area contributed by atoms with E-state index in [9.17, 15) is 9.50 Å². The zero-order chi connectivity index (χ0) is 14.9. The molecule has 116 valence electrons. The van der Waals surface area contributed by atoms with Crippen LogP contribution in [0.2, 0.25) is 0 Å². The second-order valence-corrected chi connectivity index (χ2v) is 6.31. The number of alkyl halides is 1. The smallest absolute Gasteiger partial charge is 0.123 e. The third-order valence-corrected chi connectivity index (χ3v) is 4.42. The lowest BCUT2D eigenvalue weighted by atomic mass is 9.92. The number of hydrogen-bond acceptors (Lipinski definition) is 5. The summed E-state index contributed by atoms with van der Waals surface area (Å²) in [6, 6.07) is 3.71. The van der Waals surface area contributed by atoms with Gasteiger partial charge in [0.1, 0.15) is 12.0 Å². The Morgan fingerprint density at radius 1 is 1.43 bits per heavy atom. The number of β-amino-alcohol motifs (C(OH)–C–C–N with tert-alkyl or cyclic N) is 1. The zero-order valence-corrected chi connectivity index (χ0v) is 12.2. The summed E-state index contributed by atoms with van der Waals surface area (Å²) in [6.45, 7) is 3.21. The Morgan fingerprint density at radius 3 is 2.95 bits per heavy atom. The molecule has 21 heavy (non-hydrogen) atoms. The third-order valence-electron chi connectivity index (χ3n) is 4.42. The monoisotopic (exact) mass is 294 g/mol. The lowest BCUT2D eigenvalue weighted by molar-refractivity contribution is -0.00332. The standard InChI is InChI=1S/C15H23FN4O/c16-12-4-7-19(9-12)10-15(21)5-1-6-20(11-15)13-2-3-14(17)18-8-13/h2-3,8,12,21H,1,4-7,9-11H2,(H2,17,18). The van der Waals surface area contributed by atoms with Crippen molar-refractivity contribution in [1.82, 2.24) is 9.88 Å². The maximum absolute atomic E-state index is 13.3. The first-order valence-corrected chi connectivity index (χ1v) is 7.59. The first-order valence-electron chi connectivity index (χ1n) is 7.59. The van der Waals surface area contributed by atoms with Crippen molar-refractivity contribution >= 4 is 11.5 Å². The number of halogens is 1. The van der Waals surface area contributed by atoms with Crippen LogP contribution in [0.3, 0.4) is 0 Å². The van der Waals surface area contributed by atoms with Gasteiger partial charge < -0.3 is 15.7 Å². The highest BCUT2D eigenvalue weighted by molar-refractivity contribution is 5.48. The average Bonchev–Trinajstić information content (AvgIpc) is 2.84. The normalized spacial score (nSPS) is 30.8. The molecule has 0 amide bonds. The number of nitrogens with two attached hydrogens (primary N) is 1. The van der Waals surface area contributed by atoms with Crippen LogP contribution in [0.15, 0.2) is 18.3 Å². The van der Waals surface area contributed by atoms with Crippen LogP contribution in [0.1, 0.15) is 19.3 Å². The van der Waals surface area contributed by atoms with Crippen LogP contribution in [-0.4, -0.2) is 59.5 Å². The first-order chi connectivity index (χ1) is 10.0. The number of piperidine rings is 1. The van der Waals surface area contributed by atoms with Gasteiger partial charge in [0.2, 0.25) is 0 Å². The van der Waals surface area contributed by atoms with Gasteiger partial charge >= 0.3 is 0 Å². The summed E-state index contributed by atoms with van der Waals surface area (Å²) in [7, 11) is 0. The second-order valence-electron chi connectivity index (χ2n) is 6.31. The lowest BCUT2D eigenvalue weighted by Gasteiger charge is -2.42. The van der Waals surface area contributed by atoms with E-state index in [1.54, 1.807) is 12.3 Å². The van der Waals surface area contributed by atoms with Crippen molar-refractivity contribution in [2.75, 3.05) is 43.4 Å². The summed E-state index contributed by atoms with van der Waals surface area (Å²) >= 11 is 0. The van der Waals surface area contributed by atoms with Gasteiger partial charge in [0.25, 0.3) is 0 Å². The van der Waals surface area contributed by atoms with E-state index in [2.05, 4.69) is 9.88 Å². The highest BCUT2D eigenvalue weighted by Crippen LogP contribution is 2.28. The molecule has 2 saturated heterocycles. The van der Waals surface area contributed by atoms with Gasteiger partial charge in [-0.3, -0.25) is 4.90 Å². The van der Waals surface area contributed by atoms with Crippen molar-refractivity contribution in [3.05, 3.63) is 18.3 Å². The molecule has 0 radical (unpaired) electrons. The van der Waals surface area contributed by atoms with E-state index >= 15 is 0 Å². The van der Waals surface area contributed by atoms with Crippen LogP contribution >= 0.6 is 0 Å². The van der Waals surface area contributed by atoms with Crippen LogP contribution in [0.5, 0.6) is 0 Å². The third kappa shape index (κ3) is 3.44. The van der Waals surface area contributed by atoms with Crippen molar-refractivity contribution < 1.29 is 9.50 Å². The quantitative estimate of drug-likeness (QED) is 0.872. The van der Waals surface area contributed by atoms with E-state index in [1.807, 2.05) is 11.0 Å².